The van der Waals surface area contributed by atoms with Gasteiger partial charge in [0.05, 0.1) is 0 Å². The molecule has 2 heterocycles. The van der Waals surface area contributed by atoms with Gasteiger partial charge in [0.2, 0.25) is 0 Å². The summed E-state index contributed by atoms with van der Waals surface area (Å²) in [4.78, 5) is 7.25. The normalized spacial score (nSPS) is 17.0. The second-order valence-corrected chi connectivity index (χ2v) is 5.52. The zero-order chi connectivity index (χ0) is 13.0. The summed E-state index contributed by atoms with van der Waals surface area (Å²) in [5.74, 6) is 1.59. The number of anilines is 1. The lowest BCUT2D eigenvalue weighted by molar-refractivity contribution is 0.726. The lowest BCUT2D eigenvalue weighted by Crippen LogP contribution is -2.25. The minimum absolute atomic E-state index is 0.460. The largest absolute Gasteiger partial charge is 0.357 e. The molecular weight excluding hydrogens is 222 g/mol. The zero-order valence-electron chi connectivity index (χ0n) is 11.7. The van der Waals surface area contributed by atoms with Crippen LogP contribution in [0.4, 0.5) is 5.82 Å². The van der Waals surface area contributed by atoms with Crippen LogP contribution in [-0.4, -0.2) is 18.1 Å². The highest BCUT2D eigenvalue weighted by Crippen LogP contribution is 2.22. The predicted octanol–water partition coefficient (Wildman–Crippen LogP) is 3.04. The lowest BCUT2D eigenvalue weighted by Gasteiger charge is -2.23. The van der Waals surface area contributed by atoms with Crippen LogP contribution in [0.25, 0.3) is 0 Å². The molecular formula is C15H25N3. The molecule has 2 rings (SSSR count). The Morgan fingerprint density at radius 1 is 1.17 bits per heavy atom. The molecule has 2 N–H and O–H groups in total. The van der Waals surface area contributed by atoms with E-state index in [1.54, 1.807) is 0 Å². The fourth-order valence-electron chi connectivity index (χ4n) is 2.47. The van der Waals surface area contributed by atoms with E-state index in [4.69, 9.17) is 10.7 Å². The summed E-state index contributed by atoms with van der Waals surface area (Å²) < 4.78 is 0. The molecule has 0 aromatic carbocycles. The summed E-state index contributed by atoms with van der Waals surface area (Å²) in [5, 5.41) is 0. The molecule has 1 aliphatic rings. The Morgan fingerprint density at radius 3 is 2.39 bits per heavy atom. The molecule has 1 saturated heterocycles. The van der Waals surface area contributed by atoms with Crippen molar-refractivity contribution in [1.29, 1.82) is 0 Å². The highest BCUT2D eigenvalue weighted by atomic mass is 15.2. The number of nitrogens with two attached hydrogens (primary N) is 1. The minimum Gasteiger partial charge on any atom is -0.357 e. The average molecular weight is 247 g/mol. The molecule has 0 bridgehead atoms. The Morgan fingerprint density at radius 2 is 1.83 bits per heavy atom. The minimum atomic E-state index is 0.460. The molecule has 3 heteroatoms. The number of nitrogens with zero attached hydrogens (tertiary/aromatic N) is 2. The highest BCUT2D eigenvalue weighted by molar-refractivity contribution is 5.43. The molecule has 0 aliphatic carbocycles. The average Bonchev–Trinajstić information content (AvgIpc) is 2.67. The Hall–Kier alpha value is -1.09. The maximum atomic E-state index is 5.80. The van der Waals surface area contributed by atoms with Crippen LogP contribution in [0, 0.1) is 0 Å². The fourth-order valence-corrected chi connectivity index (χ4v) is 2.47. The van der Waals surface area contributed by atoms with E-state index in [-0.39, 0.29) is 0 Å². The number of hydrogen-bond acceptors (Lipinski definition) is 3. The van der Waals surface area contributed by atoms with E-state index in [2.05, 4.69) is 30.9 Å². The molecule has 1 aromatic rings. The molecule has 0 saturated carbocycles. The Balaban J connectivity index is 2.27. The number of pyridine rings is 1. The van der Waals surface area contributed by atoms with E-state index < -0.39 is 0 Å². The van der Waals surface area contributed by atoms with Gasteiger partial charge in [0.25, 0.3) is 0 Å². The summed E-state index contributed by atoms with van der Waals surface area (Å²) in [6, 6.07) is 4.31. The molecule has 1 aromatic heterocycles. The van der Waals surface area contributed by atoms with Gasteiger partial charge in [-0.2, -0.15) is 0 Å². The van der Waals surface area contributed by atoms with Gasteiger partial charge in [-0.1, -0.05) is 26.7 Å². The molecule has 0 spiro atoms. The van der Waals surface area contributed by atoms with Crippen molar-refractivity contribution >= 4 is 5.82 Å². The van der Waals surface area contributed by atoms with Crippen molar-refractivity contribution in [2.45, 2.75) is 52.0 Å². The third kappa shape index (κ3) is 3.22. The number of hydrogen-bond donors (Lipinski definition) is 1. The summed E-state index contributed by atoms with van der Waals surface area (Å²) in [6.07, 6.45) is 5.27. The Bertz CT molecular complexity index is 379. The van der Waals surface area contributed by atoms with Crippen molar-refractivity contribution in [2.24, 2.45) is 5.73 Å². The fraction of sp³-hybridized carbons (Fsp3) is 0.667. The van der Waals surface area contributed by atoms with Crippen LogP contribution in [0.15, 0.2) is 12.1 Å². The van der Waals surface area contributed by atoms with Gasteiger partial charge in [-0.25, -0.2) is 4.98 Å². The first-order valence-corrected chi connectivity index (χ1v) is 7.16. The quantitative estimate of drug-likeness (QED) is 0.892. The van der Waals surface area contributed by atoms with E-state index in [0.29, 0.717) is 12.5 Å². The van der Waals surface area contributed by atoms with Gasteiger partial charge < -0.3 is 10.6 Å². The standard InChI is InChI=1S/C15H25N3/c1-12(2)14-9-13(11-16)10-15(17-14)18-7-5-3-4-6-8-18/h9-10,12H,3-8,11,16H2,1-2H3. The maximum absolute atomic E-state index is 5.80. The number of aromatic nitrogens is 1. The SMILES string of the molecule is CC(C)c1cc(CN)cc(N2CCCCCC2)n1. The molecule has 1 aliphatic heterocycles. The zero-order valence-corrected chi connectivity index (χ0v) is 11.7. The predicted molar refractivity (Wildman–Crippen MR) is 76.9 cm³/mol. The first-order valence-electron chi connectivity index (χ1n) is 7.16. The second-order valence-electron chi connectivity index (χ2n) is 5.52. The summed E-state index contributed by atoms with van der Waals surface area (Å²) >= 11 is 0. The van der Waals surface area contributed by atoms with Crippen LogP contribution in [0.3, 0.4) is 0 Å². The van der Waals surface area contributed by atoms with Gasteiger partial charge >= 0.3 is 0 Å². The second kappa shape index (κ2) is 6.19. The Kier molecular flexibility index (Phi) is 4.59. The monoisotopic (exact) mass is 247 g/mol. The van der Waals surface area contributed by atoms with E-state index in [0.717, 1.165) is 24.6 Å². The summed E-state index contributed by atoms with van der Waals surface area (Å²) in [7, 11) is 0. The van der Waals surface area contributed by atoms with Crippen molar-refractivity contribution in [3.05, 3.63) is 23.4 Å². The van der Waals surface area contributed by atoms with Gasteiger partial charge in [0.15, 0.2) is 0 Å². The van der Waals surface area contributed by atoms with Crippen LogP contribution in [0.1, 0.15) is 56.7 Å². The van der Waals surface area contributed by atoms with E-state index in [1.807, 2.05) is 0 Å². The number of rotatable bonds is 3. The van der Waals surface area contributed by atoms with Gasteiger partial charge in [-0.3, -0.25) is 0 Å². The molecule has 18 heavy (non-hydrogen) atoms. The van der Waals surface area contributed by atoms with E-state index >= 15 is 0 Å². The molecule has 1 fully saturated rings. The molecule has 0 amide bonds. The molecule has 0 unspecified atom stereocenters. The van der Waals surface area contributed by atoms with Gasteiger partial charge in [-0.05, 0) is 36.5 Å². The van der Waals surface area contributed by atoms with Crippen molar-refractivity contribution in [1.82, 2.24) is 4.98 Å². The lowest BCUT2D eigenvalue weighted by atomic mass is 10.1. The van der Waals surface area contributed by atoms with Crippen LogP contribution in [-0.2, 0) is 6.54 Å². The van der Waals surface area contributed by atoms with Crippen molar-refractivity contribution < 1.29 is 0 Å². The molecule has 100 valence electrons. The summed E-state index contributed by atoms with van der Waals surface area (Å²) in [6.45, 7) is 7.25. The van der Waals surface area contributed by atoms with Gasteiger partial charge in [0, 0.05) is 25.3 Å². The smallest absolute Gasteiger partial charge is 0.129 e. The van der Waals surface area contributed by atoms with Crippen LogP contribution in [0.2, 0.25) is 0 Å². The van der Waals surface area contributed by atoms with Gasteiger partial charge in [0.1, 0.15) is 5.82 Å². The highest BCUT2D eigenvalue weighted by Gasteiger charge is 2.13. The van der Waals surface area contributed by atoms with Crippen molar-refractivity contribution in [2.75, 3.05) is 18.0 Å². The Labute approximate surface area is 110 Å². The maximum Gasteiger partial charge on any atom is 0.129 e. The third-order valence-electron chi connectivity index (χ3n) is 3.65. The van der Waals surface area contributed by atoms with E-state index in [9.17, 15) is 0 Å². The van der Waals surface area contributed by atoms with E-state index in [1.165, 1.54) is 31.2 Å². The topological polar surface area (TPSA) is 42.1 Å². The van der Waals surface area contributed by atoms with Crippen molar-refractivity contribution in [3.63, 3.8) is 0 Å². The van der Waals surface area contributed by atoms with Crippen LogP contribution >= 0.6 is 0 Å². The van der Waals surface area contributed by atoms with Crippen LogP contribution < -0.4 is 10.6 Å². The van der Waals surface area contributed by atoms with Gasteiger partial charge in [-0.15, -0.1) is 0 Å². The van der Waals surface area contributed by atoms with Crippen molar-refractivity contribution in [3.8, 4) is 0 Å². The molecule has 0 radical (unpaired) electrons. The first-order chi connectivity index (χ1) is 8.70. The third-order valence-corrected chi connectivity index (χ3v) is 3.65. The summed E-state index contributed by atoms with van der Waals surface area (Å²) in [5.41, 5.74) is 8.17. The molecule has 0 atom stereocenters. The first kappa shape index (κ1) is 13.3. The van der Waals surface area contributed by atoms with Crippen LogP contribution in [0.5, 0.6) is 0 Å². The molecule has 3 nitrogen and oxygen atoms in total.